The topological polar surface area (TPSA) is 213 Å². The van der Waals surface area contributed by atoms with Crippen LogP contribution in [-0.2, 0) is 57.6 Å². The number of aliphatic imine (C=N–C) groups is 1. The summed E-state index contributed by atoms with van der Waals surface area (Å²) in [7, 11) is 0. The predicted molar refractivity (Wildman–Crippen MR) is 216 cm³/mol. The summed E-state index contributed by atoms with van der Waals surface area (Å²) in [5, 5.41) is 34.4. The number of nitrogens with one attached hydrogen (secondary N) is 1. The molecular weight excluding hydrogens is 838 g/mol. The molecule has 15 heteroatoms. The second-order valence-electron chi connectivity index (χ2n) is 16.2. The molecule has 0 spiro atoms. The van der Waals surface area contributed by atoms with Crippen molar-refractivity contribution >= 4 is 36.1 Å². The van der Waals surface area contributed by atoms with E-state index in [4.69, 9.17) is 24.1 Å². The molecular formula is C46H48N2O12Zn. The minimum atomic E-state index is -1.53. The Kier molecular flexibility index (Phi) is 16.0. The van der Waals surface area contributed by atoms with Gasteiger partial charge in [0.15, 0.2) is 6.04 Å². The van der Waals surface area contributed by atoms with Crippen molar-refractivity contribution in [3.8, 4) is 22.3 Å². The summed E-state index contributed by atoms with van der Waals surface area (Å²) in [4.78, 5) is 62.9. The molecule has 0 aromatic heterocycles. The maximum absolute atomic E-state index is 12.6. The average molecular weight is 886 g/mol. The van der Waals surface area contributed by atoms with Crippen LogP contribution < -0.4 is 15.5 Å². The number of rotatable bonds is 12. The van der Waals surface area contributed by atoms with Gasteiger partial charge in [-0.3, -0.25) is 9.79 Å². The standard InChI is InChI=1S/2C23H25NO6.Zn/c2*1-23(2,3)30-22(28)24-19(12-20(25)26)21(27)29-13-18-16-10-6-4-8-14(16)15-9-5-7-11-17(15)18;/h2*4-11,18-19H,12-13H2,1-3H3,(H,24,28)(H,25,26);/q;;+2/p-2/t2*19-;/m00./s1. The van der Waals surface area contributed by atoms with E-state index < -0.39 is 72.2 Å². The zero-order valence-corrected chi connectivity index (χ0v) is 37.9. The minimum Gasteiger partial charge on any atom is -0.595 e. The quantitative estimate of drug-likeness (QED) is 0.0626. The molecule has 0 aliphatic heterocycles. The van der Waals surface area contributed by atoms with Gasteiger partial charge in [0.05, 0.1) is 6.42 Å². The number of hydrogen-bond acceptors (Lipinski definition) is 12. The van der Waals surface area contributed by atoms with Crippen molar-refractivity contribution in [3.63, 3.8) is 0 Å². The van der Waals surface area contributed by atoms with Gasteiger partial charge in [0.1, 0.15) is 30.9 Å². The molecule has 1 amide bonds. The SMILES string of the molecule is CC(C)(C)OC(=O)N[C@@H](CC(=O)O)C(=O)OCC1c2ccccc2-c2ccccc21.CC(C)(C)OC([O-])=N[C@@H](CC(=O)[O-])C(=O)OCC1c2ccccc2-c2ccccc21.[Zn+2]. The largest absolute Gasteiger partial charge is 2.00 e. The molecule has 2 aliphatic carbocycles. The number of carbonyl (C=O) groups excluding carboxylic acids is 4. The maximum atomic E-state index is 12.6. The number of aliphatic carboxylic acids is 2. The van der Waals surface area contributed by atoms with Crippen LogP contribution in [0.1, 0.15) is 88.5 Å². The second-order valence-corrected chi connectivity index (χ2v) is 16.2. The van der Waals surface area contributed by atoms with E-state index in [0.717, 1.165) is 44.5 Å². The fraction of sp³-hybridized carbons (Fsp3) is 0.348. The fourth-order valence-electron chi connectivity index (χ4n) is 6.98. The number of fused-ring (bicyclic) bond motifs is 6. The molecule has 14 nitrogen and oxygen atoms in total. The summed E-state index contributed by atoms with van der Waals surface area (Å²) >= 11 is 0. The van der Waals surface area contributed by atoms with Crippen LogP contribution in [0.3, 0.4) is 0 Å². The van der Waals surface area contributed by atoms with Crippen LogP contribution in [0.4, 0.5) is 4.79 Å². The van der Waals surface area contributed by atoms with Crippen LogP contribution >= 0.6 is 0 Å². The van der Waals surface area contributed by atoms with Crippen LogP contribution in [0.5, 0.6) is 0 Å². The first-order valence-corrected chi connectivity index (χ1v) is 19.4. The summed E-state index contributed by atoms with van der Waals surface area (Å²) in [6.45, 7) is 9.98. The predicted octanol–water partition coefficient (Wildman–Crippen LogP) is 5.09. The van der Waals surface area contributed by atoms with E-state index in [2.05, 4.69) is 10.3 Å². The molecule has 2 aliphatic rings. The Bertz CT molecular complexity index is 2170. The van der Waals surface area contributed by atoms with Gasteiger partial charge in [-0.2, -0.15) is 0 Å². The number of esters is 2. The number of carbonyl (C=O) groups is 5. The van der Waals surface area contributed by atoms with E-state index in [9.17, 15) is 34.2 Å². The van der Waals surface area contributed by atoms with Crippen molar-refractivity contribution in [1.29, 1.82) is 0 Å². The van der Waals surface area contributed by atoms with Gasteiger partial charge in [-0.15, -0.1) is 0 Å². The van der Waals surface area contributed by atoms with E-state index >= 15 is 0 Å². The average Bonchev–Trinajstić information content (AvgIpc) is 3.66. The monoisotopic (exact) mass is 884 g/mol. The molecule has 0 saturated carbocycles. The Balaban J connectivity index is 0.000000264. The molecule has 4 aromatic rings. The molecule has 0 fully saturated rings. The summed E-state index contributed by atoms with van der Waals surface area (Å²) < 4.78 is 21.0. The van der Waals surface area contributed by atoms with E-state index in [-0.39, 0.29) is 44.5 Å². The number of benzene rings is 4. The van der Waals surface area contributed by atoms with Crippen LogP contribution in [-0.4, -0.2) is 77.7 Å². The summed E-state index contributed by atoms with van der Waals surface area (Å²) in [6, 6.07) is 28.6. The molecule has 316 valence electrons. The van der Waals surface area contributed by atoms with Crippen LogP contribution in [0.25, 0.3) is 22.3 Å². The van der Waals surface area contributed by atoms with Gasteiger partial charge in [-0.25, -0.2) is 14.4 Å². The van der Waals surface area contributed by atoms with Crippen molar-refractivity contribution < 1.29 is 77.7 Å². The molecule has 0 unspecified atom stereocenters. The van der Waals surface area contributed by atoms with E-state index in [1.54, 1.807) is 41.5 Å². The Hall–Kier alpha value is -6.08. The van der Waals surface area contributed by atoms with Gasteiger partial charge >= 0.3 is 43.5 Å². The third kappa shape index (κ3) is 13.0. The zero-order chi connectivity index (χ0) is 43.8. The summed E-state index contributed by atoms with van der Waals surface area (Å²) in [5.74, 6) is -4.82. The summed E-state index contributed by atoms with van der Waals surface area (Å²) in [6.07, 6.45) is -3.27. The van der Waals surface area contributed by atoms with Crippen molar-refractivity contribution in [1.82, 2.24) is 5.32 Å². The molecule has 4 aromatic carbocycles. The third-order valence-corrected chi connectivity index (χ3v) is 9.35. The molecule has 61 heavy (non-hydrogen) atoms. The van der Waals surface area contributed by atoms with Crippen molar-refractivity contribution in [3.05, 3.63) is 119 Å². The number of ether oxygens (including phenoxy) is 4. The summed E-state index contributed by atoms with van der Waals surface area (Å²) in [5.41, 5.74) is 6.83. The fourth-order valence-corrected chi connectivity index (χ4v) is 6.98. The van der Waals surface area contributed by atoms with E-state index in [0.29, 0.717) is 0 Å². The first-order valence-electron chi connectivity index (χ1n) is 19.4. The van der Waals surface area contributed by atoms with E-state index in [1.807, 2.05) is 97.1 Å². The number of amides is 1. The van der Waals surface area contributed by atoms with Crippen LogP contribution in [0.15, 0.2) is 102 Å². The first-order chi connectivity index (χ1) is 28.3. The van der Waals surface area contributed by atoms with Gasteiger partial charge < -0.3 is 44.4 Å². The van der Waals surface area contributed by atoms with Crippen molar-refractivity contribution in [2.24, 2.45) is 4.99 Å². The molecule has 0 radical (unpaired) electrons. The Morgan fingerprint density at radius 3 is 1.36 bits per heavy atom. The number of carboxylic acid groups (broad SMARTS) is 2. The van der Waals surface area contributed by atoms with Gasteiger partial charge in [-0.1, -0.05) is 118 Å². The Morgan fingerprint density at radius 1 is 0.623 bits per heavy atom. The third-order valence-electron chi connectivity index (χ3n) is 9.35. The number of carboxylic acids is 2. The van der Waals surface area contributed by atoms with Gasteiger partial charge in [0.2, 0.25) is 0 Å². The van der Waals surface area contributed by atoms with Gasteiger partial charge in [0.25, 0.3) is 0 Å². The zero-order valence-electron chi connectivity index (χ0n) is 35.0. The number of nitrogens with zero attached hydrogens (tertiary/aromatic N) is 1. The van der Waals surface area contributed by atoms with Crippen LogP contribution in [0.2, 0.25) is 0 Å². The second kappa shape index (κ2) is 20.5. The molecule has 0 heterocycles. The van der Waals surface area contributed by atoms with Gasteiger partial charge in [-0.05, 0) is 65.3 Å². The normalized spacial score (nSPS) is 13.9. The number of hydrogen-bond donors (Lipinski definition) is 2. The van der Waals surface area contributed by atoms with Crippen LogP contribution in [0, 0.1) is 0 Å². The number of alkyl carbamates (subject to hydrolysis) is 1. The smallest absolute Gasteiger partial charge is 0.595 e. The molecule has 0 saturated heterocycles. The van der Waals surface area contributed by atoms with Gasteiger partial charge in [0, 0.05) is 29.8 Å². The first kappa shape index (κ1) is 47.6. The minimum absolute atomic E-state index is 0. The maximum Gasteiger partial charge on any atom is 2.00 e. The Labute approximate surface area is 367 Å². The molecule has 0 bridgehead atoms. The van der Waals surface area contributed by atoms with Crippen molar-refractivity contribution in [2.75, 3.05) is 13.2 Å². The molecule has 6 rings (SSSR count). The molecule has 2 atom stereocenters. The van der Waals surface area contributed by atoms with E-state index in [1.165, 1.54) is 0 Å². The molecule has 2 N–H and O–H groups in total. The van der Waals surface area contributed by atoms with Crippen molar-refractivity contribution in [2.45, 2.75) is 89.5 Å². The Morgan fingerprint density at radius 2 is 1.00 bits per heavy atom.